The molecule has 0 radical (unpaired) electrons. The van der Waals surface area contributed by atoms with Crippen LogP contribution in [0.3, 0.4) is 0 Å². The molecular formula is C12H7Cl3O. The third kappa shape index (κ3) is 4.79. The van der Waals surface area contributed by atoms with Gasteiger partial charge in [0.05, 0.1) is 0 Å². The minimum Gasteiger partial charge on any atom is -0.376 e. The Balaban J connectivity index is 2.66. The topological polar surface area (TPSA) is 20.2 Å². The fraction of sp³-hybridized carbons (Fsp3) is 0.167. The van der Waals surface area contributed by atoms with Gasteiger partial charge in [-0.3, -0.25) is 0 Å². The lowest BCUT2D eigenvalue weighted by molar-refractivity contribution is 0.237. The number of aliphatic hydroxyl groups excluding tert-OH is 1. The lowest BCUT2D eigenvalue weighted by atomic mass is 10.2. The number of benzene rings is 1. The summed E-state index contributed by atoms with van der Waals surface area (Å²) in [6.07, 6.45) is -1.34. The van der Waals surface area contributed by atoms with Crippen molar-refractivity contribution >= 4 is 34.8 Å². The van der Waals surface area contributed by atoms with Gasteiger partial charge in [0, 0.05) is 5.56 Å². The minimum atomic E-state index is -1.80. The molecule has 0 aromatic heterocycles. The van der Waals surface area contributed by atoms with Crippen molar-refractivity contribution in [2.24, 2.45) is 0 Å². The first-order valence-corrected chi connectivity index (χ1v) is 5.45. The molecule has 1 unspecified atom stereocenters. The van der Waals surface area contributed by atoms with E-state index >= 15 is 0 Å². The summed E-state index contributed by atoms with van der Waals surface area (Å²) in [6.45, 7) is 0. The molecule has 0 aliphatic rings. The summed E-state index contributed by atoms with van der Waals surface area (Å²) >= 11 is 16.2. The molecule has 1 rings (SSSR count). The number of rotatable bonds is 0. The molecule has 82 valence electrons. The van der Waals surface area contributed by atoms with Crippen LogP contribution in [0, 0.1) is 23.7 Å². The van der Waals surface area contributed by atoms with E-state index in [0.29, 0.717) is 0 Å². The molecule has 0 amide bonds. The predicted octanol–water partition coefficient (Wildman–Crippen LogP) is 2.77. The van der Waals surface area contributed by atoms with Crippen LogP contribution in [-0.2, 0) is 0 Å². The van der Waals surface area contributed by atoms with Gasteiger partial charge in [-0.1, -0.05) is 64.8 Å². The highest BCUT2D eigenvalue weighted by Gasteiger charge is 2.28. The number of hydrogen-bond acceptors (Lipinski definition) is 1. The Kier molecular flexibility index (Phi) is 5.00. The number of alkyl halides is 3. The van der Waals surface area contributed by atoms with Crippen LogP contribution in [0.5, 0.6) is 0 Å². The molecule has 1 aromatic rings. The van der Waals surface area contributed by atoms with Gasteiger partial charge >= 0.3 is 0 Å². The maximum Gasteiger partial charge on any atom is 0.227 e. The van der Waals surface area contributed by atoms with E-state index < -0.39 is 9.90 Å². The first-order chi connectivity index (χ1) is 7.50. The van der Waals surface area contributed by atoms with Crippen LogP contribution in [0.4, 0.5) is 0 Å². The quantitative estimate of drug-likeness (QED) is 0.569. The van der Waals surface area contributed by atoms with Crippen LogP contribution in [0.25, 0.3) is 0 Å². The second kappa shape index (κ2) is 6.04. The summed E-state index contributed by atoms with van der Waals surface area (Å²) in [7, 11) is 0. The number of hydrogen-bond donors (Lipinski definition) is 1. The molecule has 1 aromatic carbocycles. The highest BCUT2D eigenvalue weighted by molar-refractivity contribution is 6.68. The number of halogens is 3. The van der Waals surface area contributed by atoms with Crippen molar-refractivity contribution in [3.63, 3.8) is 0 Å². The zero-order valence-electron chi connectivity index (χ0n) is 8.05. The van der Waals surface area contributed by atoms with E-state index in [1.165, 1.54) is 0 Å². The summed E-state index contributed by atoms with van der Waals surface area (Å²) in [5, 5.41) is 9.25. The van der Waals surface area contributed by atoms with Crippen molar-refractivity contribution in [2.75, 3.05) is 0 Å². The van der Waals surface area contributed by atoms with Crippen LogP contribution < -0.4 is 0 Å². The van der Waals surface area contributed by atoms with Crippen LogP contribution in [0.1, 0.15) is 5.56 Å². The summed E-state index contributed by atoms with van der Waals surface area (Å²) < 4.78 is -1.80. The standard InChI is InChI=1S/C12H7Cl3O/c13-12(14,15)11(16)9-5-4-8-10-6-2-1-3-7-10/h1-3,6-7,11,16H. The van der Waals surface area contributed by atoms with Gasteiger partial charge in [-0.25, -0.2) is 0 Å². The molecule has 1 nitrogen and oxygen atoms in total. The van der Waals surface area contributed by atoms with Crippen molar-refractivity contribution in [3.8, 4) is 23.7 Å². The van der Waals surface area contributed by atoms with Gasteiger partial charge in [0.25, 0.3) is 0 Å². The normalized spacial score (nSPS) is 11.8. The predicted molar refractivity (Wildman–Crippen MR) is 67.4 cm³/mol. The summed E-state index contributed by atoms with van der Waals surface area (Å²) in [5.74, 6) is 10.1. The fourth-order valence-corrected chi connectivity index (χ4v) is 0.975. The van der Waals surface area contributed by atoms with Crippen LogP contribution in [0.15, 0.2) is 30.3 Å². The van der Waals surface area contributed by atoms with Gasteiger partial charge in [0.1, 0.15) is 0 Å². The van der Waals surface area contributed by atoms with Crippen molar-refractivity contribution in [3.05, 3.63) is 35.9 Å². The Bertz CT molecular complexity index is 454. The molecule has 0 bridgehead atoms. The second-order valence-electron chi connectivity index (χ2n) is 2.83. The van der Waals surface area contributed by atoms with Crippen LogP contribution in [0.2, 0.25) is 0 Å². The molecule has 0 aliphatic heterocycles. The fourth-order valence-electron chi connectivity index (χ4n) is 0.811. The Morgan fingerprint density at radius 2 is 1.69 bits per heavy atom. The van der Waals surface area contributed by atoms with E-state index in [1.807, 2.05) is 30.3 Å². The Morgan fingerprint density at radius 1 is 1.06 bits per heavy atom. The molecule has 4 heteroatoms. The third-order valence-corrected chi connectivity index (χ3v) is 2.18. The van der Waals surface area contributed by atoms with Crippen LogP contribution >= 0.6 is 34.8 Å². The molecule has 0 saturated carbocycles. The van der Waals surface area contributed by atoms with Crippen molar-refractivity contribution in [2.45, 2.75) is 9.90 Å². The zero-order chi connectivity index (χ0) is 12.0. The first kappa shape index (κ1) is 13.2. The lowest BCUT2D eigenvalue weighted by Crippen LogP contribution is -2.22. The molecule has 0 fully saturated rings. The highest BCUT2D eigenvalue weighted by atomic mass is 35.6. The van der Waals surface area contributed by atoms with Gasteiger partial charge in [-0.2, -0.15) is 0 Å². The maximum atomic E-state index is 9.25. The van der Waals surface area contributed by atoms with Crippen molar-refractivity contribution in [1.29, 1.82) is 0 Å². The van der Waals surface area contributed by atoms with E-state index in [0.717, 1.165) is 5.56 Å². The molecule has 1 atom stereocenters. The minimum absolute atomic E-state index is 0.833. The third-order valence-electron chi connectivity index (χ3n) is 1.56. The van der Waals surface area contributed by atoms with Gasteiger partial charge in [0.2, 0.25) is 3.79 Å². The van der Waals surface area contributed by atoms with E-state index in [4.69, 9.17) is 34.8 Å². The molecule has 0 spiro atoms. The summed E-state index contributed by atoms with van der Waals surface area (Å²) in [5.41, 5.74) is 0.833. The lowest BCUT2D eigenvalue weighted by Gasteiger charge is -2.11. The van der Waals surface area contributed by atoms with Crippen molar-refractivity contribution < 1.29 is 5.11 Å². The second-order valence-corrected chi connectivity index (χ2v) is 5.20. The van der Waals surface area contributed by atoms with E-state index in [9.17, 15) is 5.11 Å². The Hall–Kier alpha value is -0.830. The molecular weight excluding hydrogens is 266 g/mol. The van der Waals surface area contributed by atoms with E-state index in [-0.39, 0.29) is 0 Å². The van der Waals surface area contributed by atoms with E-state index in [1.54, 1.807) is 0 Å². The monoisotopic (exact) mass is 272 g/mol. The Labute approximate surface area is 109 Å². The maximum absolute atomic E-state index is 9.25. The average molecular weight is 274 g/mol. The van der Waals surface area contributed by atoms with Crippen LogP contribution in [-0.4, -0.2) is 15.0 Å². The number of aliphatic hydroxyl groups is 1. The van der Waals surface area contributed by atoms with Gasteiger partial charge < -0.3 is 5.11 Å². The molecule has 0 saturated heterocycles. The van der Waals surface area contributed by atoms with Crippen molar-refractivity contribution in [1.82, 2.24) is 0 Å². The summed E-state index contributed by atoms with van der Waals surface area (Å²) in [4.78, 5) is 0. The molecule has 0 heterocycles. The largest absolute Gasteiger partial charge is 0.376 e. The molecule has 0 aliphatic carbocycles. The summed E-state index contributed by atoms with van der Waals surface area (Å²) in [6, 6.07) is 9.32. The average Bonchev–Trinajstić information content (AvgIpc) is 2.24. The van der Waals surface area contributed by atoms with E-state index in [2.05, 4.69) is 23.7 Å². The van der Waals surface area contributed by atoms with Gasteiger partial charge in [-0.05, 0) is 24.0 Å². The van der Waals surface area contributed by atoms with Gasteiger partial charge in [0.15, 0.2) is 6.10 Å². The zero-order valence-corrected chi connectivity index (χ0v) is 10.3. The SMILES string of the molecule is OC(C#CC#Cc1ccccc1)C(Cl)(Cl)Cl. The highest BCUT2D eigenvalue weighted by Crippen LogP contribution is 2.29. The molecule has 16 heavy (non-hydrogen) atoms. The van der Waals surface area contributed by atoms with Gasteiger partial charge in [-0.15, -0.1) is 0 Å². The smallest absolute Gasteiger partial charge is 0.227 e. The Morgan fingerprint density at radius 3 is 2.25 bits per heavy atom. The first-order valence-electron chi connectivity index (χ1n) is 4.31. The molecule has 1 N–H and O–H groups in total.